The topological polar surface area (TPSA) is 107 Å². The van der Waals surface area contributed by atoms with Crippen LogP contribution in [0.25, 0.3) is 11.0 Å². The van der Waals surface area contributed by atoms with Crippen molar-refractivity contribution in [3.8, 4) is 0 Å². The number of aliphatic carboxylic acids is 2. The normalized spacial score (nSPS) is 11.0. The van der Waals surface area contributed by atoms with Crippen LogP contribution in [0.5, 0.6) is 0 Å². The molecule has 7 nitrogen and oxygen atoms in total. The molecule has 1 aromatic carbocycles. The van der Waals surface area contributed by atoms with E-state index in [9.17, 15) is 24.6 Å². The lowest BCUT2D eigenvalue weighted by Crippen LogP contribution is -2.30. The number of nitrogens with zero attached hydrogens (tertiary/aromatic N) is 2. The van der Waals surface area contributed by atoms with Crippen molar-refractivity contribution in [1.29, 1.82) is 0 Å². The van der Waals surface area contributed by atoms with E-state index < -0.39 is 17.6 Å². The zero-order chi connectivity index (χ0) is 16.4. The maximum Gasteiger partial charge on any atom is 0.329 e. The van der Waals surface area contributed by atoms with Crippen molar-refractivity contribution in [3.05, 3.63) is 32.7 Å². The molecule has 0 aliphatic heterocycles. The summed E-state index contributed by atoms with van der Waals surface area (Å²) in [5.41, 5.74) is 0.0689. The van der Waals surface area contributed by atoms with Crippen molar-refractivity contribution >= 4 is 46.2 Å². The van der Waals surface area contributed by atoms with Gasteiger partial charge in [0.15, 0.2) is 0 Å². The van der Waals surface area contributed by atoms with Crippen LogP contribution in [0.2, 0.25) is 10.0 Å². The number of carbonyl (C=O) groups is 2. The lowest BCUT2D eigenvalue weighted by Gasteiger charge is -2.05. The fraction of sp³-hybridized carbons (Fsp3) is 0.308. The van der Waals surface area contributed by atoms with Crippen LogP contribution >= 0.6 is 23.2 Å². The Morgan fingerprint density at radius 2 is 1.55 bits per heavy atom. The molecular formula is C13H10Cl2N2O5-2. The van der Waals surface area contributed by atoms with Gasteiger partial charge in [-0.25, -0.2) is 4.79 Å². The Bertz CT molecular complexity index is 809. The van der Waals surface area contributed by atoms with E-state index in [2.05, 4.69) is 0 Å². The van der Waals surface area contributed by atoms with E-state index in [1.807, 2.05) is 0 Å². The summed E-state index contributed by atoms with van der Waals surface area (Å²) in [7, 11) is 0. The fourth-order valence-corrected chi connectivity index (χ4v) is 2.78. The van der Waals surface area contributed by atoms with Gasteiger partial charge in [0.25, 0.3) is 0 Å². The Balaban J connectivity index is 2.62. The fourth-order valence-electron chi connectivity index (χ4n) is 2.20. The van der Waals surface area contributed by atoms with Gasteiger partial charge < -0.3 is 19.8 Å². The Kier molecular flexibility index (Phi) is 4.77. The van der Waals surface area contributed by atoms with Crippen LogP contribution in [0.15, 0.2) is 16.9 Å². The molecule has 0 unspecified atom stereocenters. The average molecular weight is 345 g/mol. The highest BCUT2D eigenvalue weighted by Gasteiger charge is 2.16. The molecular weight excluding hydrogens is 335 g/mol. The molecule has 0 N–H and O–H groups in total. The van der Waals surface area contributed by atoms with Crippen LogP contribution in [0.1, 0.15) is 12.8 Å². The summed E-state index contributed by atoms with van der Waals surface area (Å²) >= 11 is 12.0. The lowest BCUT2D eigenvalue weighted by molar-refractivity contribution is -0.307. The van der Waals surface area contributed by atoms with Gasteiger partial charge in [-0.2, -0.15) is 0 Å². The highest BCUT2D eigenvalue weighted by molar-refractivity contribution is 6.38. The minimum absolute atomic E-state index is 0.132. The molecule has 22 heavy (non-hydrogen) atoms. The van der Waals surface area contributed by atoms with E-state index in [0.717, 1.165) is 0 Å². The van der Waals surface area contributed by atoms with E-state index in [4.69, 9.17) is 23.2 Å². The van der Waals surface area contributed by atoms with Gasteiger partial charge in [0.05, 0.1) is 16.1 Å². The predicted molar refractivity (Wildman–Crippen MR) is 75.5 cm³/mol. The number of aromatic nitrogens is 2. The standard InChI is InChI=1S/C13H12Cl2N2O5/c14-7-5-8(15)12-9(6-7)16(3-1-10(18)19)13(22)17(12)4-2-11(20)21/h5-6H,1-4H2,(H,18,19)(H,20,21)/p-2. The van der Waals surface area contributed by atoms with Gasteiger partial charge in [-0.3, -0.25) is 9.13 Å². The van der Waals surface area contributed by atoms with Crippen molar-refractivity contribution < 1.29 is 19.8 Å². The van der Waals surface area contributed by atoms with Crippen LogP contribution < -0.4 is 15.9 Å². The molecule has 0 atom stereocenters. The van der Waals surface area contributed by atoms with Crippen molar-refractivity contribution in [1.82, 2.24) is 9.13 Å². The van der Waals surface area contributed by atoms with Gasteiger partial charge in [0.1, 0.15) is 0 Å². The number of halogens is 2. The molecule has 0 aliphatic rings. The van der Waals surface area contributed by atoms with Gasteiger partial charge in [-0.05, 0) is 12.1 Å². The summed E-state index contributed by atoms with van der Waals surface area (Å²) in [5, 5.41) is 21.7. The van der Waals surface area contributed by atoms with Gasteiger partial charge in [-0.15, -0.1) is 0 Å². The molecule has 9 heteroatoms. The molecule has 0 radical (unpaired) electrons. The van der Waals surface area contributed by atoms with Crippen LogP contribution in [0, 0.1) is 0 Å². The van der Waals surface area contributed by atoms with Gasteiger partial charge in [0, 0.05) is 42.9 Å². The summed E-state index contributed by atoms with van der Waals surface area (Å²) in [6, 6.07) is 2.89. The molecule has 0 amide bonds. The Hall–Kier alpha value is -1.99. The largest absolute Gasteiger partial charge is 0.550 e. The van der Waals surface area contributed by atoms with Crippen LogP contribution in [-0.4, -0.2) is 21.1 Å². The number of fused-ring (bicyclic) bond motifs is 1. The first-order chi connectivity index (χ1) is 10.3. The molecule has 0 spiro atoms. The number of rotatable bonds is 6. The van der Waals surface area contributed by atoms with Crippen molar-refractivity contribution in [3.63, 3.8) is 0 Å². The zero-order valence-electron chi connectivity index (χ0n) is 11.2. The van der Waals surface area contributed by atoms with E-state index >= 15 is 0 Å². The number of aryl methyl sites for hydroxylation is 2. The van der Waals surface area contributed by atoms with Gasteiger partial charge in [-0.1, -0.05) is 23.2 Å². The first kappa shape index (κ1) is 16.4. The molecule has 1 aromatic heterocycles. The van der Waals surface area contributed by atoms with E-state index in [-0.39, 0.29) is 36.0 Å². The molecule has 0 saturated carbocycles. The predicted octanol–water partition coefficient (Wildman–Crippen LogP) is -0.610. The number of carboxylic acid groups (broad SMARTS) is 2. The summed E-state index contributed by atoms with van der Waals surface area (Å²) in [4.78, 5) is 33.6. The van der Waals surface area contributed by atoms with E-state index in [1.165, 1.54) is 21.3 Å². The Morgan fingerprint density at radius 3 is 2.09 bits per heavy atom. The number of hydrogen-bond donors (Lipinski definition) is 0. The summed E-state index contributed by atoms with van der Waals surface area (Å²) in [6.07, 6.45) is -0.748. The number of hydrogen-bond acceptors (Lipinski definition) is 5. The molecule has 2 aromatic rings. The van der Waals surface area contributed by atoms with E-state index in [0.29, 0.717) is 11.0 Å². The second kappa shape index (κ2) is 6.41. The van der Waals surface area contributed by atoms with Gasteiger partial charge >= 0.3 is 5.69 Å². The van der Waals surface area contributed by atoms with Crippen molar-refractivity contribution in [2.75, 3.05) is 0 Å². The molecule has 1 heterocycles. The average Bonchev–Trinajstić information content (AvgIpc) is 2.66. The monoisotopic (exact) mass is 344 g/mol. The third-order valence-corrected chi connectivity index (χ3v) is 3.62. The Labute approximate surface area is 134 Å². The second-order valence-electron chi connectivity index (χ2n) is 4.59. The minimum Gasteiger partial charge on any atom is -0.550 e. The first-order valence-electron chi connectivity index (χ1n) is 6.29. The molecule has 0 aliphatic carbocycles. The molecule has 0 bridgehead atoms. The summed E-state index contributed by atoms with van der Waals surface area (Å²) in [6.45, 7) is -0.274. The highest BCUT2D eigenvalue weighted by atomic mass is 35.5. The smallest absolute Gasteiger partial charge is 0.329 e. The maximum absolute atomic E-state index is 12.4. The first-order valence-corrected chi connectivity index (χ1v) is 7.04. The van der Waals surface area contributed by atoms with Crippen LogP contribution in [0.4, 0.5) is 0 Å². The van der Waals surface area contributed by atoms with Crippen LogP contribution in [-0.2, 0) is 22.7 Å². The lowest BCUT2D eigenvalue weighted by atomic mass is 10.3. The molecule has 0 fully saturated rings. The minimum atomic E-state index is -1.31. The zero-order valence-corrected chi connectivity index (χ0v) is 12.7. The highest BCUT2D eigenvalue weighted by Crippen LogP contribution is 2.27. The summed E-state index contributed by atoms with van der Waals surface area (Å²) in [5.74, 6) is -2.62. The Morgan fingerprint density at radius 1 is 1.00 bits per heavy atom. The second-order valence-corrected chi connectivity index (χ2v) is 5.43. The quantitative estimate of drug-likeness (QED) is 0.694. The van der Waals surface area contributed by atoms with Crippen molar-refractivity contribution in [2.24, 2.45) is 0 Å². The number of benzene rings is 1. The van der Waals surface area contributed by atoms with E-state index in [1.54, 1.807) is 0 Å². The van der Waals surface area contributed by atoms with Crippen LogP contribution in [0.3, 0.4) is 0 Å². The third-order valence-electron chi connectivity index (χ3n) is 3.11. The molecule has 2 rings (SSSR count). The number of carboxylic acids is 2. The SMILES string of the molecule is O=C([O-])CCn1c(=O)n(CCC(=O)[O-])c2c(Cl)cc(Cl)cc21. The maximum atomic E-state index is 12.4. The molecule has 118 valence electrons. The molecule has 0 saturated heterocycles. The summed E-state index contributed by atoms with van der Waals surface area (Å²) < 4.78 is 2.34. The van der Waals surface area contributed by atoms with Crippen molar-refractivity contribution in [2.45, 2.75) is 25.9 Å². The number of imidazole rings is 1. The third kappa shape index (κ3) is 3.26. The van der Waals surface area contributed by atoms with Gasteiger partial charge in [0.2, 0.25) is 0 Å². The number of carbonyl (C=O) groups excluding carboxylic acids is 2.